The summed E-state index contributed by atoms with van der Waals surface area (Å²) >= 11 is 0. The van der Waals surface area contributed by atoms with Gasteiger partial charge in [0.2, 0.25) is 17.6 Å². The van der Waals surface area contributed by atoms with Crippen LogP contribution >= 0.6 is 0 Å². The SMILES string of the molecule is CCN1CCN(c2ccc(Nc3ncnc(Oc4cc(F)c5[nH]c(C)cc5c4F)c3C(=O)N(C)C)nc2)CC1.Cc1cc2c(F)c(Oc3ncnc(Nc4ccc(N5CCN(C)CC5)cn4)c3C(=O)N(C)C)cc(F)c2[nH]1.Cc1cc2c(F)c(Oc3ncnc(Nc4ccc(N5CCNCC5)cc4)c3C(=O)N(C)C)cc(F)c2[nH]1. The van der Waals surface area contributed by atoms with E-state index in [1.165, 1.54) is 51.9 Å². The summed E-state index contributed by atoms with van der Waals surface area (Å²) in [5, 5.41) is 12.7. The van der Waals surface area contributed by atoms with Crippen LogP contribution in [0.15, 0.2) is 116 Å². The lowest BCUT2D eigenvalue weighted by atomic mass is 10.2. The van der Waals surface area contributed by atoms with Crippen molar-refractivity contribution < 1.29 is 54.9 Å². The fourth-order valence-corrected chi connectivity index (χ4v) is 13.2. The van der Waals surface area contributed by atoms with Gasteiger partial charge in [-0.1, -0.05) is 6.92 Å². The van der Waals surface area contributed by atoms with E-state index in [4.69, 9.17) is 14.2 Å². The summed E-state index contributed by atoms with van der Waals surface area (Å²) < 4.78 is 107. The number of anilines is 9. The molecule has 3 aliphatic rings. The van der Waals surface area contributed by atoms with Crippen LogP contribution in [0.2, 0.25) is 0 Å². The van der Waals surface area contributed by atoms with Gasteiger partial charge in [0.25, 0.3) is 17.7 Å². The first-order chi connectivity index (χ1) is 54.8. The summed E-state index contributed by atoms with van der Waals surface area (Å²) in [4.78, 5) is 97.2. The third-order valence-corrected chi connectivity index (χ3v) is 19.3. The molecule has 8 aromatic heterocycles. The van der Waals surface area contributed by atoms with Crippen molar-refractivity contribution in [3.63, 3.8) is 0 Å². The van der Waals surface area contributed by atoms with Crippen LogP contribution < -0.4 is 50.2 Å². The van der Waals surface area contributed by atoms with Crippen molar-refractivity contribution in [3.8, 4) is 34.9 Å². The standard InChI is InChI=1S/C27H30F2N8O2.C26H28F2N8O2.C26H27F2N7O2/c1-5-36-8-10-37(11-9-36)17-6-7-21(30-14-17)34-25-22(27(38)35(3)4)26(32-15-31-25)39-20-13-19(28)24-18(23(20)29)12-16(2)33-24;1-15-11-17-22(28)19(12-18(27)23(17)32-15)38-25-21(26(37)34(2)3)24(30-14-31-25)33-20-6-5-16(13-29-20)36-9-7-35(4)8-10-36;1-15-12-18-22(28)20(13-19(27)23(18)32-15)37-25-21(26(36)34(2)3)24(30-14-31-25)33-16-4-6-17(7-5-16)35-10-8-29-9-11-35/h6-7,12-15,33H,5,8-11H2,1-4H3,(H,30,31,32,34);5-6,11-14,32H,7-10H2,1-4H3,(H,29,30,31,33);4-7,12-14,29,32H,8-11H2,1-3H3,(H,30,31,33). The highest BCUT2D eigenvalue weighted by Crippen LogP contribution is 2.40. The molecule has 594 valence electrons. The maximum atomic E-state index is 15.2. The number of rotatable bonds is 19. The van der Waals surface area contributed by atoms with Gasteiger partial charge in [0.1, 0.15) is 47.3 Å². The quantitative estimate of drug-likeness (QED) is 0.0370. The highest BCUT2D eigenvalue weighted by atomic mass is 19.1. The van der Waals surface area contributed by atoms with E-state index >= 15 is 13.2 Å². The van der Waals surface area contributed by atoms with Crippen molar-refractivity contribution in [2.24, 2.45) is 0 Å². The van der Waals surface area contributed by atoms with Crippen molar-refractivity contribution in [2.75, 3.05) is 165 Å². The molecule has 0 atom stereocenters. The van der Waals surface area contributed by atoms with Crippen LogP contribution in [-0.2, 0) is 0 Å². The van der Waals surface area contributed by atoms with E-state index < -0.39 is 64.1 Å². The molecule has 0 unspecified atom stereocenters. The zero-order valence-electron chi connectivity index (χ0n) is 64.5. The largest absolute Gasteiger partial charge is 0.435 e. The van der Waals surface area contributed by atoms with E-state index in [0.717, 1.165) is 120 Å². The number of nitrogens with one attached hydrogen (secondary N) is 7. The summed E-state index contributed by atoms with van der Waals surface area (Å²) in [6, 6.07) is 22.5. The van der Waals surface area contributed by atoms with Gasteiger partial charge in [0, 0.05) is 184 Å². The van der Waals surface area contributed by atoms with Gasteiger partial charge in [-0.25, -0.2) is 66.2 Å². The number of benzene rings is 4. The normalized spacial score (nSPS) is 13.9. The Bertz CT molecular complexity index is 5490. The minimum absolute atomic E-state index is 0.0103. The average molecular weight is 1570 g/mol. The molecule has 3 aliphatic heterocycles. The van der Waals surface area contributed by atoms with Crippen LogP contribution in [0.1, 0.15) is 55.1 Å². The molecule has 7 N–H and O–H groups in total. The summed E-state index contributed by atoms with van der Waals surface area (Å²) in [5.74, 6) is -6.34. The first kappa shape index (κ1) is 79.2. The van der Waals surface area contributed by atoms with E-state index in [0.29, 0.717) is 34.4 Å². The molecule has 0 bridgehead atoms. The van der Waals surface area contributed by atoms with Crippen LogP contribution in [-0.4, -0.2) is 231 Å². The molecule has 0 radical (unpaired) electrons. The number of H-pyrrole nitrogens is 3. The second-order valence-electron chi connectivity index (χ2n) is 28.0. The number of likely N-dealkylation sites (N-methyl/N-ethyl adjacent to an activating group) is 2. The second-order valence-corrected chi connectivity index (χ2v) is 28.0. The Balaban J connectivity index is 0.000000149. The van der Waals surface area contributed by atoms with Gasteiger partial charge in [-0.2, -0.15) is 0 Å². The highest BCUT2D eigenvalue weighted by molar-refractivity contribution is 6.03. The van der Waals surface area contributed by atoms with Gasteiger partial charge in [0.15, 0.2) is 69.6 Å². The predicted molar refractivity (Wildman–Crippen MR) is 423 cm³/mol. The molecule has 0 spiro atoms. The Morgan fingerprint density at radius 3 is 1.11 bits per heavy atom. The van der Waals surface area contributed by atoms with E-state index in [9.17, 15) is 27.6 Å². The number of aromatic amines is 3. The first-order valence-corrected chi connectivity index (χ1v) is 36.6. The molecule has 29 nitrogen and oxygen atoms in total. The molecule has 4 aromatic carbocycles. The van der Waals surface area contributed by atoms with Crippen LogP contribution in [0.5, 0.6) is 34.9 Å². The molecule has 12 aromatic rings. The van der Waals surface area contributed by atoms with E-state index in [-0.39, 0.29) is 90.2 Å². The van der Waals surface area contributed by atoms with Crippen LogP contribution in [0.4, 0.5) is 78.2 Å². The lowest BCUT2D eigenvalue weighted by Crippen LogP contribution is -2.46. The summed E-state index contributed by atoms with van der Waals surface area (Å²) in [6.45, 7) is 19.6. The number of ether oxygens (including phenoxy) is 3. The summed E-state index contributed by atoms with van der Waals surface area (Å²) in [5.41, 5.74) is 5.58. The van der Waals surface area contributed by atoms with Gasteiger partial charge < -0.3 is 89.6 Å². The number of amides is 3. The molecular weight excluding hydrogens is 1480 g/mol. The van der Waals surface area contributed by atoms with E-state index in [2.05, 4.69) is 115 Å². The molecule has 11 heterocycles. The Morgan fingerprint density at radius 1 is 0.430 bits per heavy atom. The van der Waals surface area contributed by atoms with Crippen molar-refractivity contribution >= 4 is 102 Å². The Hall–Kier alpha value is -12.9. The number of aryl methyl sites for hydroxylation is 3. The van der Waals surface area contributed by atoms with Crippen LogP contribution in [0.25, 0.3) is 32.7 Å². The number of hydrogen-bond acceptors (Lipinski definition) is 23. The van der Waals surface area contributed by atoms with Gasteiger partial charge in [-0.3, -0.25) is 14.4 Å². The predicted octanol–water partition coefficient (Wildman–Crippen LogP) is 12.4. The Morgan fingerprint density at radius 2 is 0.772 bits per heavy atom. The van der Waals surface area contributed by atoms with Gasteiger partial charge in [0.05, 0.1) is 40.3 Å². The van der Waals surface area contributed by atoms with Gasteiger partial charge in [-0.05, 0) is 101 Å². The summed E-state index contributed by atoms with van der Waals surface area (Å²) in [7, 11) is 11.5. The zero-order chi connectivity index (χ0) is 80.8. The minimum Gasteiger partial charge on any atom is -0.435 e. The average Bonchev–Trinajstić information content (AvgIpc) is 1.45. The Kier molecular flexibility index (Phi) is 23.9. The molecule has 0 saturated carbocycles. The maximum Gasteiger partial charge on any atom is 0.262 e. The number of pyridine rings is 2. The molecule has 0 aliphatic carbocycles. The Labute approximate surface area is 651 Å². The number of carbonyl (C=O) groups excluding carboxylic acids is 3. The number of halogens is 6. The minimum atomic E-state index is -0.775. The monoisotopic (exact) mass is 1570 g/mol. The second kappa shape index (κ2) is 34.4. The number of piperazine rings is 3. The van der Waals surface area contributed by atoms with Gasteiger partial charge >= 0.3 is 0 Å². The van der Waals surface area contributed by atoms with E-state index in [1.807, 2.05) is 36.4 Å². The number of aromatic nitrogens is 11. The van der Waals surface area contributed by atoms with Crippen molar-refractivity contribution in [1.29, 1.82) is 0 Å². The molecule has 15 rings (SSSR count). The molecule has 114 heavy (non-hydrogen) atoms. The lowest BCUT2D eigenvalue weighted by Gasteiger charge is -2.35. The van der Waals surface area contributed by atoms with Crippen LogP contribution in [0.3, 0.4) is 0 Å². The van der Waals surface area contributed by atoms with E-state index in [1.54, 1.807) is 87.6 Å². The topological polar surface area (TPSA) is 303 Å². The molecule has 3 amide bonds. The fraction of sp³-hybridized carbons (Fsp3) is 0.304. The number of fused-ring (bicyclic) bond motifs is 3. The summed E-state index contributed by atoms with van der Waals surface area (Å²) in [6.07, 6.45) is 7.08. The first-order valence-electron chi connectivity index (χ1n) is 36.6. The third-order valence-electron chi connectivity index (χ3n) is 19.3. The van der Waals surface area contributed by atoms with Crippen LogP contribution in [0, 0.1) is 55.7 Å². The molecular formula is C79H85F6N23O6. The number of carbonyl (C=O) groups is 3. The fourth-order valence-electron chi connectivity index (χ4n) is 13.2. The van der Waals surface area contributed by atoms with Crippen molar-refractivity contribution in [2.45, 2.75) is 27.7 Å². The number of nitrogens with zero attached hydrogens (tertiary/aromatic N) is 16. The molecule has 3 saturated heterocycles. The molecule has 35 heteroatoms. The van der Waals surface area contributed by atoms with Crippen molar-refractivity contribution in [3.05, 3.63) is 185 Å². The zero-order valence-corrected chi connectivity index (χ0v) is 64.5. The lowest BCUT2D eigenvalue weighted by molar-refractivity contribution is 0.0817. The highest BCUT2D eigenvalue weighted by Gasteiger charge is 2.31. The van der Waals surface area contributed by atoms with Gasteiger partial charge in [-0.15, -0.1) is 0 Å². The molecule has 3 fully saturated rings. The third kappa shape index (κ3) is 17.6. The maximum absolute atomic E-state index is 15.2. The smallest absolute Gasteiger partial charge is 0.262 e. The number of hydrogen-bond donors (Lipinski definition) is 7. The van der Waals surface area contributed by atoms with Crippen molar-refractivity contribution in [1.82, 2.24) is 84.6 Å².